The van der Waals surface area contributed by atoms with E-state index in [1.165, 1.54) is 42.5 Å². The number of nitrogens with one attached hydrogen (secondary N) is 3. The average molecular weight is 537 g/mol. The van der Waals surface area contributed by atoms with Crippen molar-refractivity contribution < 1.29 is 36.3 Å². The van der Waals surface area contributed by atoms with Crippen LogP contribution in [0.2, 0.25) is 0 Å². The Morgan fingerprint density at radius 2 is 1.51 bits per heavy atom. The minimum absolute atomic E-state index is 0.180. The SMILES string of the molecule is NCC(=O)NCCS(=O)(=O)Nc1cc(NC(=O)c2ccc(-c3ccc(C(F)(F)F)cc3)cc2)ccc1O. The Morgan fingerprint density at radius 1 is 0.919 bits per heavy atom. The van der Waals surface area contributed by atoms with Gasteiger partial charge in [0.2, 0.25) is 15.9 Å². The number of halogens is 3. The topological polar surface area (TPSA) is 151 Å². The fraction of sp³-hybridized carbons (Fsp3) is 0.167. The smallest absolute Gasteiger partial charge is 0.416 e. The Balaban J connectivity index is 1.66. The molecule has 0 bridgehead atoms. The van der Waals surface area contributed by atoms with Crippen LogP contribution in [-0.4, -0.2) is 44.2 Å². The molecule has 0 radical (unpaired) electrons. The quantitative estimate of drug-likeness (QED) is 0.209. The lowest BCUT2D eigenvalue weighted by Gasteiger charge is -2.12. The number of rotatable bonds is 9. The molecule has 13 heteroatoms. The maximum absolute atomic E-state index is 12.7. The van der Waals surface area contributed by atoms with Gasteiger partial charge in [0.1, 0.15) is 5.75 Å². The third-order valence-electron chi connectivity index (χ3n) is 5.09. The van der Waals surface area contributed by atoms with Crippen LogP contribution in [0.5, 0.6) is 5.75 Å². The molecule has 3 aromatic rings. The summed E-state index contributed by atoms with van der Waals surface area (Å²) in [5, 5.41) is 14.9. The number of phenols is 1. The molecule has 9 nitrogen and oxygen atoms in total. The van der Waals surface area contributed by atoms with Crippen molar-refractivity contribution in [3.05, 3.63) is 77.9 Å². The lowest BCUT2D eigenvalue weighted by atomic mass is 10.0. The molecule has 3 rings (SSSR count). The molecular weight excluding hydrogens is 513 g/mol. The predicted octanol–water partition coefficient (Wildman–Crippen LogP) is 3.15. The maximum atomic E-state index is 12.7. The second kappa shape index (κ2) is 11.3. The number of alkyl halides is 3. The summed E-state index contributed by atoms with van der Waals surface area (Å²) in [7, 11) is -3.94. The Kier molecular flexibility index (Phi) is 8.40. The van der Waals surface area contributed by atoms with Crippen molar-refractivity contribution in [2.75, 3.05) is 28.9 Å². The van der Waals surface area contributed by atoms with Crippen molar-refractivity contribution in [1.82, 2.24) is 5.32 Å². The van der Waals surface area contributed by atoms with Gasteiger partial charge in [0.15, 0.2) is 0 Å². The van der Waals surface area contributed by atoms with Gasteiger partial charge in [-0.3, -0.25) is 14.3 Å². The van der Waals surface area contributed by atoms with E-state index in [9.17, 15) is 36.3 Å². The van der Waals surface area contributed by atoms with E-state index in [2.05, 4.69) is 15.4 Å². The lowest BCUT2D eigenvalue weighted by Crippen LogP contribution is -2.35. The summed E-state index contributed by atoms with van der Waals surface area (Å²) >= 11 is 0. The summed E-state index contributed by atoms with van der Waals surface area (Å²) < 4.78 is 64.9. The minimum atomic E-state index is -4.43. The molecule has 6 N–H and O–H groups in total. The molecule has 196 valence electrons. The number of benzene rings is 3. The highest BCUT2D eigenvalue weighted by molar-refractivity contribution is 7.92. The van der Waals surface area contributed by atoms with Crippen molar-refractivity contribution in [1.29, 1.82) is 0 Å². The molecule has 37 heavy (non-hydrogen) atoms. The first-order chi connectivity index (χ1) is 17.4. The number of aromatic hydroxyl groups is 1. The summed E-state index contributed by atoms with van der Waals surface area (Å²) in [5.41, 5.74) is 5.76. The van der Waals surface area contributed by atoms with Crippen LogP contribution in [-0.2, 0) is 21.0 Å². The molecule has 0 atom stereocenters. The zero-order chi connectivity index (χ0) is 27.2. The van der Waals surface area contributed by atoms with Crippen LogP contribution in [0.15, 0.2) is 66.7 Å². The maximum Gasteiger partial charge on any atom is 0.416 e. The number of sulfonamides is 1. The molecule has 0 aliphatic rings. The molecule has 0 unspecified atom stereocenters. The molecule has 0 fully saturated rings. The van der Waals surface area contributed by atoms with Gasteiger partial charge in [0, 0.05) is 17.8 Å². The predicted molar refractivity (Wildman–Crippen MR) is 132 cm³/mol. The minimum Gasteiger partial charge on any atom is -0.506 e. The van der Waals surface area contributed by atoms with E-state index >= 15 is 0 Å². The van der Waals surface area contributed by atoms with Crippen molar-refractivity contribution in [2.45, 2.75) is 6.18 Å². The molecule has 0 saturated heterocycles. The van der Waals surface area contributed by atoms with Crippen LogP contribution in [0, 0.1) is 0 Å². The van der Waals surface area contributed by atoms with Gasteiger partial charge in [-0.15, -0.1) is 0 Å². The summed E-state index contributed by atoms with van der Waals surface area (Å²) in [4.78, 5) is 23.8. The normalized spacial score (nSPS) is 11.6. The second-order valence-electron chi connectivity index (χ2n) is 7.81. The molecular formula is C24H23F3N4O5S. The van der Waals surface area contributed by atoms with Crippen LogP contribution >= 0.6 is 0 Å². The van der Waals surface area contributed by atoms with Gasteiger partial charge in [-0.2, -0.15) is 13.2 Å². The van der Waals surface area contributed by atoms with Crippen molar-refractivity contribution in [3.63, 3.8) is 0 Å². The first kappa shape index (κ1) is 27.5. The van der Waals surface area contributed by atoms with E-state index in [4.69, 9.17) is 5.73 Å². The van der Waals surface area contributed by atoms with Gasteiger partial charge < -0.3 is 21.5 Å². The van der Waals surface area contributed by atoms with E-state index in [-0.39, 0.29) is 35.8 Å². The number of nitrogens with two attached hydrogens (primary N) is 1. The first-order valence-corrected chi connectivity index (χ1v) is 12.4. The number of carbonyl (C=O) groups excluding carboxylic acids is 2. The summed E-state index contributed by atoms with van der Waals surface area (Å²) in [5.74, 6) is -1.91. The molecule has 0 spiro atoms. The Morgan fingerprint density at radius 3 is 2.08 bits per heavy atom. The largest absolute Gasteiger partial charge is 0.506 e. The summed E-state index contributed by atoms with van der Waals surface area (Å²) in [6, 6.07) is 14.5. The number of phenolic OH excluding ortho intramolecular Hbond substituents is 1. The number of anilines is 2. The van der Waals surface area contributed by atoms with Crippen LogP contribution in [0.3, 0.4) is 0 Å². The second-order valence-corrected chi connectivity index (χ2v) is 9.66. The zero-order valence-electron chi connectivity index (χ0n) is 19.2. The van der Waals surface area contributed by atoms with Crippen molar-refractivity contribution in [3.8, 4) is 16.9 Å². The van der Waals surface area contributed by atoms with Gasteiger partial charge in [0.05, 0.1) is 23.5 Å². The fourth-order valence-corrected chi connectivity index (χ4v) is 4.15. The average Bonchev–Trinajstić information content (AvgIpc) is 2.85. The fourth-order valence-electron chi connectivity index (χ4n) is 3.18. The van der Waals surface area contributed by atoms with Crippen molar-refractivity contribution in [2.24, 2.45) is 5.73 Å². The number of hydrogen-bond donors (Lipinski definition) is 5. The Labute approximate surface area is 210 Å². The molecule has 0 heterocycles. The number of amides is 2. The molecule has 3 aromatic carbocycles. The van der Waals surface area contributed by atoms with Gasteiger partial charge in [0.25, 0.3) is 5.91 Å². The Hall–Kier alpha value is -4.10. The lowest BCUT2D eigenvalue weighted by molar-refractivity contribution is -0.137. The van der Waals surface area contributed by atoms with Crippen molar-refractivity contribution >= 4 is 33.2 Å². The van der Waals surface area contributed by atoms with Crippen LogP contribution in [0.4, 0.5) is 24.5 Å². The number of carbonyl (C=O) groups is 2. The highest BCUT2D eigenvalue weighted by Gasteiger charge is 2.30. The zero-order valence-corrected chi connectivity index (χ0v) is 20.0. The summed E-state index contributed by atoms with van der Waals surface area (Å²) in [6.07, 6.45) is -4.43. The van der Waals surface area contributed by atoms with Gasteiger partial charge in [-0.25, -0.2) is 8.42 Å². The van der Waals surface area contributed by atoms with E-state index in [0.717, 1.165) is 12.1 Å². The van der Waals surface area contributed by atoms with Crippen LogP contribution in [0.1, 0.15) is 15.9 Å². The van der Waals surface area contributed by atoms with E-state index in [1.54, 1.807) is 12.1 Å². The third kappa shape index (κ3) is 7.69. The highest BCUT2D eigenvalue weighted by atomic mass is 32.2. The highest BCUT2D eigenvalue weighted by Crippen LogP contribution is 2.31. The standard InChI is InChI=1S/C24H23F3N4O5S/c25-24(26,27)18-7-5-16(6-8-18)15-1-3-17(4-2-15)23(34)30-19-9-10-21(32)20(13-19)31-37(35,36)12-11-29-22(33)14-28/h1-10,13,31-32H,11-12,14,28H2,(H,29,33)(H,30,34). The molecule has 0 aromatic heterocycles. The molecule has 2 amide bonds. The van der Waals surface area contributed by atoms with Crippen LogP contribution < -0.4 is 21.1 Å². The van der Waals surface area contributed by atoms with E-state index in [1.807, 2.05) is 0 Å². The first-order valence-electron chi connectivity index (χ1n) is 10.8. The van der Waals surface area contributed by atoms with Gasteiger partial charge >= 0.3 is 6.18 Å². The number of hydrogen-bond acceptors (Lipinski definition) is 6. The van der Waals surface area contributed by atoms with Gasteiger partial charge in [-0.1, -0.05) is 24.3 Å². The Bertz CT molecular complexity index is 1380. The van der Waals surface area contributed by atoms with Crippen LogP contribution in [0.25, 0.3) is 11.1 Å². The van der Waals surface area contributed by atoms with Gasteiger partial charge in [-0.05, 0) is 53.6 Å². The molecule has 0 aliphatic carbocycles. The molecule has 0 aliphatic heterocycles. The third-order valence-corrected chi connectivity index (χ3v) is 6.36. The van der Waals surface area contributed by atoms with E-state index in [0.29, 0.717) is 11.1 Å². The monoisotopic (exact) mass is 536 g/mol. The molecule has 0 saturated carbocycles. The summed E-state index contributed by atoms with van der Waals surface area (Å²) in [6.45, 7) is -0.473. The van der Waals surface area contributed by atoms with E-state index < -0.39 is 39.3 Å².